The van der Waals surface area contributed by atoms with E-state index >= 15 is 0 Å². The van der Waals surface area contributed by atoms with Crippen molar-refractivity contribution in [1.82, 2.24) is 35.1 Å². The molecule has 2 unspecified atom stereocenters. The molecule has 0 aliphatic carbocycles. The fourth-order valence-electron chi connectivity index (χ4n) is 5.53. The first-order chi connectivity index (χ1) is 23.9. The Labute approximate surface area is 284 Å². The Morgan fingerprint density at radius 3 is 2.40 bits per heavy atom. The molecule has 1 aromatic carbocycles. The van der Waals surface area contributed by atoms with Crippen LogP contribution in [-0.4, -0.2) is 137 Å². The van der Waals surface area contributed by atoms with E-state index < -0.39 is 79.1 Å². The minimum Gasteiger partial charge on any atom is -0.481 e. The number of alkyl halides is 1. The lowest BCUT2D eigenvalue weighted by Crippen LogP contribution is -2.56. The number of carboxylic acid groups (broad SMARTS) is 1. The van der Waals surface area contributed by atoms with E-state index in [-0.39, 0.29) is 69.6 Å². The number of aromatic nitrogens is 2. The van der Waals surface area contributed by atoms with E-state index in [1.165, 1.54) is 14.7 Å². The van der Waals surface area contributed by atoms with Crippen molar-refractivity contribution < 1.29 is 56.5 Å². The molecule has 16 nitrogen and oxygen atoms in total. The Hall–Kier alpha value is -5.36. The molecule has 0 spiro atoms. The van der Waals surface area contributed by atoms with Gasteiger partial charge in [0.2, 0.25) is 17.7 Å². The van der Waals surface area contributed by atoms with E-state index in [0.717, 1.165) is 28.9 Å². The van der Waals surface area contributed by atoms with E-state index in [9.17, 15) is 47.0 Å². The summed E-state index contributed by atoms with van der Waals surface area (Å²) >= 11 is 0. The molecule has 3 N–H and O–H groups in total. The maximum absolute atomic E-state index is 14.2. The zero-order chi connectivity index (χ0) is 36.4. The first kappa shape index (κ1) is 37.5. The fourth-order valence-corrected chi connectivity index (χ4v) is 5.53. The quantitative estimate of drug-likeness (QED) is 0.254. The number of nitrogens with one attached hydrogen (secondary N) is 2. The number of likely N-dealkylation sites (tertiary alicyclic amines) is 1. The third-order valence-electron chi connectivity index (χ3n) is 8.04. The fraction of sp³-hybridized carbons (Fsp3) is 0.516. The third-order valence-corrected chi connectivity index (χ3v) is 8.04. The Morgan fingerprint density at radius 2 is 1.74 bits per heavy atom. The maximum Gasteiger partial charge on any atom is 0.409 e. The van der Waals surface area contributed by atoms with Gasteiger partial charge in [-0.1, -0.05) is 0 Å². The van der Waals surface area contributed by atoms with Gasteiger partial charge in [-0.05, 0) is 38.3 Å². The molecule has 2 atom stereocenters. The summed E-state index contributed by atoms with van der Waals surface area (Å²) in [5, 5.41) is 18.3. The smallest absolute Gasteiger partial charge is 0.409 e. The number of hydrogen-bond acceptors (Lipinski definition) is 9. The van der Waals surface area contributed by atoms with E-state index in [2.05, 4.69) is 15.7 Å². The van der Waals surface area contributed by atoms with Gasteiger partial charge in [0, 0.05) is 57.8 Å². The van der Waals surface area contributed by atoms with Gasteiger partial charge < -0.3 is 39.9 Å². The largest absolute Gasteiger partial charge is 0.481 e. The number of carboxylic acids is 1. The molecule has 2 aromatic rings. The molecule has 0 saturated carbocycles. The number of rotatable bonds is 14. The topological polar surface area (TPSA) is 193 Å². The predicted molar refractivity (Wildman–Crippen MR) is 166 cm³/mol. The Morgan fingerprint density at radius 1 is 1.02 bits per heavy atom. The standard InChI is InChI=1S/C31H38F3N7O9/c1-2-49-31(48)39-14-12-38(13-15-39)30(47)22(7-8-27(43)44)36-28(45)23-17-26(41(37-23)19-5-6-20(33)21(34)16-19)50-18-25(42)40-11-3-4-24(40)29(46)35-10-9-32/h5-6,16-17,22,24H,2-4,7-15,18H2,1H3,(H,35,46)(H,36,45)(H,43,44). The number of piperazine rings is 1. The first-order valence-electron chi connectivity index (χ1n) is 16.0. The minimum absolute atomic E-state index is 0.0898. The molecule has 2 saturated heterocycles. The summed E-state index contributed by atoms with van der Waals surface area (Å²) in [6.45, 7) is 0.946. The molecular weight excluding hydrogens is 671 g/mol. The van der Waals surface area contributed by atoms with E-state index in [1.54, 1.807) is 6.92 Å². The zero-order valence-corrected chi connectivity index (χ0v) is 27.2. The van der Waals surface area contributed by atoms with Crippen LogP contribution in [0, 0.1) is 11.6 Å². The highest BCUT2D eigenvalue weighted by atomic mass is 19.2. The Bertz CT molecular complexity index is 1580. The van der Waals surface area contributed by atoms with Gasteiger partial charge in [0.1, 0.15) is 18.8 Å². The highest BCUT2D eigenvalue weighted by Crippen LogP contribution is 2.23. The van der Waals surface area contributed by atoms with Gasteiger partial charge in [0.15, 0.2) is 23.9 Å². The number of hydrogen-bond donors (Lipinski definition) is 3. The molecule has 0 bridgehead atoms. The van der Waals surface area contributed by atoms with Crippen molar-refractivity contribution in [3.8, 4) is 11.6 Å². The van der Waals surface area contributed by atoms with E-state index in [4.69, 9.17) is 9.47 Å². The molecular formula is C31H38F3N7O9. The molecule has 2 aliphatic heterocycles. The van der Waals surface area contributed by atoms with Gasteiger partial charge >= 0.3 is 12.1 Å². The Kier molecular flexibility index (Phi) is 13.0. The lowest BCUT2D eigenvalue weighted by Gasteiger charge is -2.35. The van der Waals surface area contributed by atoms with Crippen molar-refractivity contribution >= 4 is 35.7 Å². The van der Waals surface area contributed by atoms with Crippen LogP contribution in [-0.2, 0) is 23.9 Å². The van der Waals surface area contributed by atoms with Crippen LogP contribution in [0.2, 0.25) is 0 Å². The third kappa shape index (κ3) is 9.41. The van der Waals surface area contributed by atoms with Crippen LogP contribution < -0.4 is 15.4 Å². The SMILES string of the molecule is CCOC(=O)N1CCN(C(=O)C(CCC(=O)O)NC(=O)c2cc(OCC(=O)N3CCCC3C(=O)NCCF)n(-c3ccc(F)c(F)c3)n2)CC1. The van der Waals surface area contributed by atoms with Crippen LogP contribution in [0.1, 0.15) is 43.1 Å². The summed E-state index contributed by atoms with van der Waals surface area (Å²) in [5.41, 5.74) is -0.463. The van der Waals surface area contributed by atoms with Gasteiger partial charge in [0.05, 0.1) is 12.3 Å². The van der Waals surface area contributed by atoms with Crippen LogP contribution >= 0.6 is 0 Å². The molecule has 3 heterocycles. The molecule has 5 amide bonds. The van der Waals surface area contributed by atoms with Crippen molar-refractivity contribution in [3.63, 3.8) is 0 Å². The number of ether oxygens (including phenoxy) is 2. The van der Waals surface area contributed by atoms with Gasteiger partial charge in [-0.15, -0.1) is 0 Å². The number of aliphatic carboxylic acids is 1. The zero-order valence-electron chi connectivity index (χ0n) is 27.2. The first-order valence-corrected chi connectivity index (χ1v) is 16.0. The summed E-state index contributed by atoms with van der Waals surface area (Å²) in [4.78, 5) is 79.9. The summed E-state index contributed by atoms with van der Waals surface area (Å²) in [7, 11) is 0. The average molecular weight is 710 g/mol. The van der Waals surface area contributed by atoms with Crippen molar-refractivity contribution in [2.45, 2.75) is 44.7 Å². The van der Waals surface area contributed by atoms with Crippen molar-refractivity contribution in [1.29, 1.82) is 0 Å². The second kappa shape index (κ2) is 17.3. The van der Waals surface area contributed by atoms with E-state index in [1.807, 2.05) is 0 Å². The number of carbonyl (C=O) groups is 6. The summed E-state index contributed by atoms with van der Waals surface area (Å²) < 4.78 is 52.1. The minimum atomic E-state index is -1.32. The summed E-state index contributed by atoms with van der Waals surface area (Å²) in [5.74, 6) is -6.55. The number of benzene rings is 1. The second-order valence-electron chi connectivity index (χ2n) is 11.4. The van der Waals surface area contributed by atoms with Crippen LogP contribution in [0.25, 0.3) is 5.69 Å². The monoisotopic (exact) mass is 709 g/mol. The Balaban J connectivity index is 1.53. The molecule has 50 heavy (non-hydrogen) atoms. The van der Waals surface area contributed by atoms with Crippen molar-refractivity contribution in [2.75, 3.05) is 59.2 Å². The van der Waals surface area contributed by atoms with Gasteiger partial charge in [-0.3, -0.25) is 24.0 Å². The highest BCUT2D eigenvalue weighted by molar-refractivity contribution is 5.96. The number of carbonyl (C=O) groups excluding carboxylic acids is 5. The van der Waals surface area contributed by atoms with Crippen LogP contribution in [0.4, 0.5) is 18.0 Å². The lowest BCUT2D eigenvalue weighted by molar-refractivity contribution is -0.140. The predicted octanol–water partition coefficient (Wildman–Crippen LogP) is 0.870. The molecule has 2 aliphatic rings. The van der Waals surface area contributed by atoms with Crippen LogP contribution in [0.5, 0.6) is 5.88 Å². The summed E-state index contributed by atoms with van der Waals surface area (Å²) in [6.07, 6.45) is -0.424. The van der Waals surface area contributed by atoms with Gasteiger partial charge in [-0.25, -0.2) is 22.6 Å². The second-order valence-corrected chi connectivity index (χ2v) is 11.4. The lowest BCUT2D eigenvalue weighted by atomic mass is 10.1. The highest BCUT2D eigenvalue weighted by Gasteiger charge is 2.35. The summed E-state index contributed by atoms with van der Waals surface area (Å²) in [6, 6.07) is 1.66. The number of halogens is 3. The van der Waals surface area contributed by atoms with Gasteiger partial charge in [-0.2, -0.15) is 5.10 Å². The van der Waals surface area contributed by atoms with Crippen molar-refractivity contribution in [2.24, 2.45) is 0 Å². The molecule has 272 valence electrons. The molecule has 1 aromatic heterocycles. The molecule has 4 rings (SSSR count). The van der Waals surface area contributed by atoms with Crippen molar-refractivity contribution in [3.05, 3.63) is 41.6 Å². The maximum atomic E-state index is 14.2. The van der Waals surface area contributed by atoms with Crippen LogP contribution in [0.15, 0.2) is 24.3 Å². The molecule has 2 fully saturated rings. The molecule has 0 radical (unpaired) electrons. The normalized spacial score (nSPS) is 16.5. The van der Waals surface area contributed by atoms with Crippen LogP contribution in [0.3, 0.4) is 0 Å². The number of nitrogens with zero attached hydrogens (tertiary/aromatic N) is 5. The molecule has 19 heteroatoms. The number of amides is 5. The van der Waals surface area contributed by atoms with Gasteiger partial charge in [0.25, 0.3) is 11.8 Å². The van der Waals surface area contributed by atoms with E-state index in [0.29, 0.717) is 12.8 Å². The average Bonchev–Trinajstić information content (AvgIpc) is 3.77.